The van der Waals surface area contributed by atoms with Crippen molar-refractivity contribution in [2.24, 2.45) is 17.2 Å². The minimum Gasteiger partial charge on any atom is -0.330 e. The molecule has 2 unspecified atom stereocenters. The second-order valence-electron chi connectivity index (χ2n) is 4.81. The Hall–Kier alpha value is -0.200. The highest BCUT2D eigenvalue weighted by atomic mass is 15.0. The Morgan fingerprint density at radius 2 is 1.56 bits per heavy atom. The minimum absolute atomic E-state index is 0.242. The van der Waals surface area contributed by atoms with Gasteiger partial charge in [-0.05, 0) is 64.8 Å². The fourth-order valence-electron chi connectivity index (χ4n) is 1.94. The normalized spacial score (nSPS) is 14.7. The maximum Gasteiger partial charge on any atom is 0.0219 e. The standard InChI is InChI=1S/C13H33N5/c1-2-12(16)13(18-11-5-8-15)6-3-9-17-10-4-7-14/h12-13,17-18H,2-11,14-16H2,1H3. The molecule has 0 spiro atoms. The summed E-state index contributed by atoms with van der Waals surface area (Å²) in [6.45, 7) is 6.67. The molecule has 8 N–H and O–H groups in total. The monoisotopic (exact) mass is 259 g/mol. The van der Waals surface area contributed by atoms with Gasteiger partial charge in [-0.1, -0.05) is 6.92 Å². The van der Waals surface area contributed by atoms with E-state index < -0.39 is 0 Å². The molecule has 2 atom stereocenters. The first-order chi connectivity index (χ1) is 8.76. The number of rotatable bonds is 13. The van der Waals surface area contributed by atoms with Crippen molar-refractivity contribution in [1.82, 2.24) is 10.6 Å². The van der Waals surface area contributed by atoms with Crippen LogP contribution in [0.25, 0.3) is 0 Å². The van der Waals surface area contributed by atoms with E-state index in [9.17, 15) is 0 Å². The van der Waals surface area contributed by atoms with E-state index in [4.69, 9.17) is 17.2 Å². The third kappa shape index (κ3) is 9.79. The molecule has 0 saturated heterocycles. The number of hydrogen-bond acceptors (Lipinski definition) is 5. The van der Waals surface area contributed by atoms with Crippen molar-refractivity contribution in [2.75, 3.05) is 32.7 Å². The lowest BCUT2D eigenvalue weighted by Gasteiger charge is -2.24. The van der Waals surface area contributed by atoms with Crippen LogP contribution in [0.4, 0.5) is 0 Å². The predicted molar refractivity (Wildman–Crippen MR) is 79.5 cm³/mol. The lowest BCUT2D eigenvalue weighted by atomic mass is 10.0. The molecular weight excluding hydrogens is 226 g/mol. The van der Waals surface area contributed by atoms with E-state index in [0.29, 0.717) is 6.04 Å². The quantitative estimate of drug-likeness (QED) is 0.294. The molecule has 0 aliphatic carbocycles. The van der Waals surface area contributed by atoms with Crippen LogP contribution in [-0.2, 0) is 0 Å². The van der Waals surface area contributed by atoms with Gasteiger partial charge in [0.15, 0.2) is 0 Å². The summed E-state index contributed by atoms with van der Waals surface area (Å²) in [6.07, 6.45) is 5.35. The Morgan fingerprint density at radius 3 is 2.17 bits per heavy atom. The van der Waals surface area contributed by atoms with Gasteiger partial charge in [-0.25, -0.2) is 0 Å². The molecule has 0 heterocycles. The zero-order chi connectivity index (χ0) is 13.6. The molecule has 0 radical (unpaired) electrons. The average Bonchev–Trinajstić information content (AvgIpc) is 2.40. The maximum atomic E-state index is 6.13. The first-order valence-electron chi connectivity index (χ1n) is 7.36. The van der Waals surface area contributed by atoms with Gasteiger partial charge in [-0.15, -0.1) is 0 Å². The zero-order valence-corrected chi connectivity index (χ0v) is 12.0. The van der Waals surface area contributed by atoms with Gasteiger partial charge in [0, 0.05) is 12.1 Å². The summed E-state index contributed by atoms with van der Waals surface area (Å²) >= 11 is 0. The van der Waals surface area contributed by atoms with Gasteiger partial charge in [0.2, 0.25) is 0 Å². The third-order valence-electron chi connectivity index (χ3n) is 3.20. The molecule has 5 heteroatoms. The topological polar surface area (TPSA) is 102 Å². The lowest BCUT2D eigenvalue weighted by molar-refractivity contribution is 0.385. The number of nitrogens with two attached hydrogens (primary N) is 3. The summed E-state index contributed by atoms with van der Waals surface area (Å²) in [6, 6.07) is 0.657. The molecular formula is C13H33N5. The van der Waals surface area contributed by atoms with Crippen molar-refractivity contribution in [1.29, 1.82) is 0 Å². The predicted octanol–water partition coefficient (Wildman–Crippen LogP) is -0.251. The largest absolute Gasteiger partial charge is 0.330 e. The van der Waals surface area contributed by atoms with Crippen LogP contribution in [-0.4, -0.2) is 44.8 Å². The highest BCUT2D eigenvalue weighted by Gasteiger charge is 2.14. The summed E-state index contributed by atoms with van der Waals surface area (Å²) in [7, 11) is 0. The summed E-state index contributed by atoms with van der Waals surface area (Å²) < 4.78 is 0. The van der Waals surface area contributed by atoms with Gasteiger partial charge < -0.3 is 27.8 Å². The fraction of sp³-hybridized carbons (Fsp3) is 1.00. The van der Waals surface area contributed by atoms with Crippen LogP contribution in [0.5, 0.6) is 0 Å². The molecule has 18 heavy (non-hydrogen) atoms. The van der Waals surface area contributed by atoms with Crippen molar-refractivity contribution in [3.63, 3.8) is 0 Å². The van der Waals surface area contributed by atoms with Crippen LogP contribution in [0, 0.1) is 0 Å². The van der Waals surface area contributed by atoms with Crippen LogP contribution < -0.4 is 27.8 Å². The van der Waals surface area contributed by atoms with Crippen LogP contribution in [0.3, 0.4) is 0 Å². The van der Waals surface area contributed by atoms with E-state index in [-0.39, 0.29) is 6.04 Å². The Labute approximate surface area is 112 Å². The van der Waals surface area contributed by atoms with Crippen molar-refractivity contribution < 1.29 is 0 Å². The highest BCUT2D eigenvalue weighted by Crippen LogP contribution is 2.04. The van der Waals surface area contributed by atoms with E-state index in [0.717, 1.165) is 64.8 Å². The first kappa shape index (κ1) is 17.8. The zero-order valence-electron chi connectivity index (χ0n) is 12.0. The molecule has 5 nitrogen and oxygen atoms in total. The summed E-state index contributed by atoms with van der Waals surface area (Å²) in [4.78, 5) is 0. The van der Waals surface area contributed by atoms with Gasteiger partial charge in [0.05, 0.1) is 0 Å². The summed E-state index contributed by atoms with van der Waals surface area (Å²) in [5.41, 5.74) is 17.1. The van der Waals surface area contributed by atoms with Crippen LogP contribution in [0.1, 0.15) is 39.0 Å². The molecule has 0 saturated carbocycles. The van der Waals surface area contributed by atoms with Gasteiger partial charge in [0.1, 0.15) is 0 Å². The van der Waals surface area contributed by atoms with Gasteiger partial charge >= 0.3 is 0 Å². The maximum absolute atomic E-state index is 6.13. The number of hydrogen-bond donors (Lipinski definition) is 5. The van der Waals surface area contributed by atoms with E-state index >= 15 is 0 Å². The van der Waals surface area contributed by atoms with E-state index in [1.54, 1.807) is 0 Å². The van der Waals surface area contributed by atoms with E-state index in [2.05, 4.69) is 17.6 Å². The SMILES string of the molecule is CCC(N)C(CCCNCCCN)NCCCN. The van der Waals surface area contributed by atoms with Crippen LogP contribution in [0.15, 0.2) is 0 Å². The lowest BCUT2D eigenvalue weighted by Crippen LogP contribution is -2.45. The molecule has 0 bridgehead atoms. The van der Waals surface area contributed by atoms with Crippen LogP contribution in [0.2, 0.25) is 0 Å². The Kier molecular flexibility index (Phi) is 13.1. The van der Waals surface area contributed by atoms with E-state index in [1.165, 1.54) is 0 Å². The first-order valence-corrected chi connectivity index (χ1v) is 7.36. The second kappa shape index (κ2) is 13.2. The van der Waals surface area contributed by atoms with Gasteiger partial charge in [0.25, 0.3) is 0 Å². The molecule has 0 aliphatic heterocycles. The molecule has 0 aliphatic rings. The van der Waals surface area contributed by atoms with Crippen LogP contribution >= 0.6 is 0 Å². The Balaban J connectivity index is 3.65. The molecule has 0 aromatic carbocycles. The molecule has 0 aromatic rings. The van der Waals surface area contributed by atoms with Crippen molar-refractivity contribution in [3.05, 3.63) is 0 Å². The van der Waals surface area contributed by atoms with Crippen molar-refractivity contribution >= 4 is 0 Å². The summed E-state index contributed by atoms with van der Waals surface area (Å²) in [5, 5.41) is 6.92. The Morgan fingerprint density at radius 1 is 0.944 bits per heavy atom. The molecule has 0 fully saturated rings. The van der Waals surface area contributed by atoms with Crippen molar-refractivity contribution in [2.45, 2.75) is 51.1 Å². The second-order valence-corrected chi connectivity index (χ2v) is 4.81. The smallest absolute Gasteiger partial charge is 0.0219 e. The molecule has 0 aromatic heterocycles. The van der Waals surface area contributed by atoms with Crippen molar-refractivity contribution in [3.8, 4) is 0 Å². The third-order valence-corrected chi connectivity index (χ3v) is 3.20. The van der Waals surface area contributed by atoms with Gasteiger partial charge in [-0.3, -0.25) is 0 Å². The minimum atomic E-state index is 0.242. The average molecular weight is 259 g/mol. The Bertz CT molecular complexity index is 165. The highest BCUT2D eigenvalue weighted by molar-refractivity contribution is 4.78. The molecule has 0 amide bonds. The molecule has 110 valence electrons. The van der Waals surface area contributed by atoms with Gasteiger partial charge in [-0.2, -0.15) is 0 Å². The summed E-state index contributed by atoms with van der Waals surface area (Å²) in [5.74, 6) is 0. The fourth-order valence-corrected chi connectivity index (χ4v) is 1.94. The van der Waals surface area contributed by atoms with E-state index in [1.807, 2.05) is 0 Å². The molecule has 0 rings (SSSR count). The number of nitrogens with one attached hydrogen (secondary N) is 2.